The average Bonchev–Trinajstić information content (AvgIpc) is 2.55. The summed E-state index contributed by atoms with van der Waals surface area (Å²) >= 11 is 0. The van der Waals surface area contributed by atoms with Crippen molar-refractivity contribution in [3.05, 3.63) is 12.2 Å². The van der Waals surface area contributed by atoms with E-state index in [-0.39, 0.29) is 12.7 Å². The molecule has 0 aromatic heterocycles. The minimum absolute atomic E-state index is 0.0401. The highest BCUT2D eigenvalue weighted by Crippen LogP contribution is 2.25. The normalized spacial score (nSPS) is 27.0. The van der Waals surface area contributed by atoms with E-state index in [2.05, 4.69) is 11.8 Å². The van der Waals surface area contributed by atoms with Crippen LogP contribution in [-0.4, -0.2) is 36.9 Å². The summed E-state index contributed by atoms with van der Waals surface area (Å²) in [5.74, 6) is 6.25. The maximum Gasteiger partial charge on any atom is 0.303 e. The Morgan fingerprint density at radius 1 is 1.12 bits per heavy atom. The molecular weight excluding hydrogens is 308 g/mol. The van der Waals surface area contributed by atoms with Gasteiger partial charge in [0.15, 0.2) is 0 Å². The van der Waals surface area contributed by atoms with Gasteiger partial charge in [-0.05, 0) is 30.9 Å². The number of hydrogen-bond donors (Lipinski definition) is 0. The lowest BCUT2D eigenvalue weighted by atomic mass is 9.87. The van der Waals surface area contributed by atoms with E-state index >= 15 is 0 Å². The molecule has 1 aliphatic heterocycles. The fourth-order valence-electron chi connectivity index (χ4n) is 3.06. The first-order valence-electron chi connectivity index (χ1n) is 8.67. The summed E-state index contributed by atoms with van der Waals surface area (Å²) in [5.41, 5.74) is 0. The molecule has 3 unspecified atom stereocenters. The highest BCUT2D eigenvalue weighted by molar-refractivity contribution is 5.66. The van der Waals surface area contributed by atoms with Crippen LogP contribution in [0.4, 0.5) is 0 Å². The van der Waals surface area contributed by atoms with Gasteiger partial charge in [0.1, 0.15) is 24.9 Å². The van der Waals surface area contributed by atoms with E-state index in [9.17, 15) is 9.59 Å². The second-order valence-corrected chi connectivity index (χ2v) is 6.39. The van der Waals surface area contributed by atoms with E-state index in [1.54, 1.807) is 12.2 Å². The second kappa shape index (κ2) is 9.48. The van der Waals surface area contributed by atoms with Crippen LogP contribution >= 0.6 is 0 Å². The van der Waals surface area contributed by atoms with Crippen molar-refractivity contribution >= 4 is 11.9 Å². The van der Waals surface area contributed by atoms with Crippen molar-refractivity contribution in [2.75, 3.05) is 6.61 Å². The van der Waals surface area contributed by atoms with Crippen LogP contribution in [0.1, 0.15) is 52.4 Å². The van der Waals surface area contributed by atoms with Crippen molar-refractivity contribution in [1.82, 2.24) is 0 Å². The molecule has 1 aliphatic carbocycles. The summed E-state index contributed by atoms with van der Waals surface area (Å²) < 4.78 is 16.0. The Morgan fingerprint density at radius 2 is 1.88 bits per heavy atom. The lowest BCUT2D eigenvalue weighted by Gasteiger charge is -2.29. The van der Waals surface area contributed by atoms with Crippen molar-refractivity contribution in [2.45, 2.75) is 70.7 Å². The van der Waals surface area contributed by atoms with Gasteiger partial charge in [-0.1, -0.05) is 31.1 Å². The molecule has 1 saturated carbocycles. The largest absolute Gasteiger partial charge is 0.463 e. The Kier molecular flexibility index (Phi) is 7.33. The van der Waals surface area contributed by atoms with Gasteiger partial charge in [-0.15, -0.1) is 0 Å². The molecule has 2 aliphatic rings. The van der Waals surface area contributed by atoms with E-state index in [4.69, 9.17) is 14.2 Å². The molecule has 2 rings (SSSR count). The topological polar surface area (TPSA) is 61.8 Å². The number of rotatable bonds is 4. The van der Waals surface area contributed by atoms with Crippen LogP contribution in [0.15, 0.2) is 12.2 Å². The molecule has 132 valence electrons. The minimum atomic E-state index is -0.557. The molecule has 1 fully saturated rings. The third-order valence-corrected chi connectivity index (χ3v) is 4.28. The summed E-state index contributed by atoms with van der Waals surface area (Å²) in [4.78, 5) is 22.2. The Labute approximate surface area is 143 Å². The molecular formula is C19H26O5. The zero-order valence-corrected chi connectivity index (χ0v) is 14.5. The molecule has 5 nitrogen and oxygen atoms in total. The van der Waals surface area contributed by atoms with Gasteiger partial charge in [-0.25, -0.2) is 0 Å². The fraction of sp³-hybridized carbons (Fsp3) is 0.684. The monoisotopic (exact) mass is 334 g/mol. The van der Waals surface area contributed by atoms with Crippen molar-refractivity contribution in [3.8, 4) is 11.8 Å². The average molecular weight is 334 g/mol. The summed E-state index contributed by atoms with van der Waals surface area (Å²) in [6, 6.07) is 0. The standard InChI is InChI=1S/C19H26O5/c1-14(20)22-13-19-18(23-15(2)21)12-11-17(24-19)10-6-9-16-7-4-3-5-8-16/h11-12,16-19H,3-5,7-9,13H2,1-2H3. The lowest BCUT2D eigenvalue weighted by Crippen LogP contribution is -2.41. The third-order valence-electron chi connectivity index (χ3n) is 4.28. The van der Waals surface area contributed by atoms with E-state index in [1.165, 1.54) is 46.0 Å². The van der Waals surface area contributed by atoms with Crippen molar-refractivity contribution in [2.24, 2.45) is 5.92 Å². The molecule has 0 aromatic carbocycles. The first kappa shape index (κ1) is 18.5. The zero-order chi connectivity index (χ0) is 17.4. The SMILES string of the molecule is CC(=O)OCC1OC(C#CCC2CCCCC2)C=CC1OC(C)=O. The quantitative estimate of drug-likeness (QED) is 0.449. The summed E-state index contributed by atoms with van der Waals surface area (Å²) in [6.07, 6.45) is 9.49. The van der Waals surface area contributed by atoms with Crippen molar-refractivity contribution in [3.63, 3.8) is 0 Å². The van der Waals surface area contributed by atoms with Gasteiger partial charge in [-0.2, -0.15) is 0 Å². The number of hydrogen-bond acceptors (Lipinski definition) is 5. The summed E-state index contributed by atoms with van der Waals surface area (Å²) in [7, 11) is 0. The van der Waals surface area contributed by atoms with E-state index in [1.807, 2.05) is 0 Å². The van der Waals surface area contributed by atoms with Crippen LogP contribution in [0.3, 0.4) is 0 Å². The number of esters is 2. The molecule has 1 heterocycles. The number of carbonyl (C=O) groups excluding carboxylic acids is 2. The van der Waals surface area contributed by atoms with Crippen LogP contribution in [0.2, 0.25) is 0 Å². The van der Waals surface area contributed by atoms with Gasteiger partial charge in [0.2, 0.25) is 0 Å². The fourth-order valence-corrected chi connectivity index (χ4v) is 3.06. The van der Waals surface area contributed by atoms with Crippen LogP contribution < -0.4 is 0 Å². The van der Waals surface area contributed by atoms with E-state index in [0.717, 1.165) is 6.42 Å². The smallest absolute Gasteiger partial charge is 0.303 e. The van der Waals surface area contributed by atoms with Gasteiger partial charge in [0.05, 0.1) is 0 Å². The molecule has 0 saturated heterocycles. The molecule has 3 atom stereocenters. The van der Waals surface area contributed by atoms with Crippen molar-refractivity contribution < 1.29 is 23.8 Å². The first-order chi connectivity index (χ1) is 11.5. The second-order valence-electron chi connectivity index (χ2n) is 6.39. The van der Waals surface area contributed by atoms with E-state index < -0.39 is 24.1 Å². The highest BCUT2D eigenvalue weighted by Gasteiger charge is 2.30. The van der Waals surface area contributed by atoms with Gasteiger partial charge in [-0.3, -0.25) is 9.59 Å². The number of carbonyl (C=O) groups is 2. The predicted molar refractivity (Wildman–Crippen MR) is 89.0 cm³/mol. The lowest BCUT2D eigenvalue weighted by molar-refractivity contribution is -0.161. The molecule has 0 aromatic rings. The van der Waals surface area contributed by atoms with Gasteiger partial charge >= 0.3 is 11.9 Å². The van der Waals surface area contributed by atoms with Crippen molar-refractivity contribution in [1.29, 1.82) is 0 Å². The summed E-state index contributed by atoms with van der Waals surface area (Å²) in [6.45, 7) is 2.71. The Bertz CT molecular complexity index is 522. The highest BCUT2D eigenvalue weighted by atomic mass is 16.6. The van der Waals surface area contributed by atoms with Gasteiger partial charge < -0.3 is 14.2 Å². The maximum atomic E-state index is 11.2. The Balaban J connectivity index is 1.91. The maximum absolute atomic E-state index is 11.2. The molecule has 0 amide bonds. The van der Waals surface area contributed by atoms with Crippen LogP contribution in [0.25, 0.3) is 0 Å². The molecule has 0 N–H and O–H groups in total. The molecule has 24 heavy (non-hydrogen) atoms. The Hall–Kier alpha value is -1.80. The zero-order valence-electron chi connectivity index (χ0n) is 14.5. The van der Waals surface area contributed by atoms with Crippen LogP contribution in [0, 0.1) is 17.8 Å². The molecule has 5 heteroatoms. The number of ether oxygens (including phenoxy) is 3. The molecule has 0 bridgehead atoms. The van der Waals surface area contributed by atoms with Gasteiger partial charge in [0, 0.05) is 20.3 Å². The third kappa shape index (κ3) is 6.37. The summed E-state index contributed by atoms with van der Waals surface area (Å²) in [5, 5.41) is 0. The van der Waals surface area contributed by atoms with Gasteiger partial charge in [0.25, 0.3) is 0 Å². The molecule has 0 spiro atoms. The predicted octanol–water partition coefficient (Wildman–Crippen LogP) is 2.78. The Morgan fingerprint density at radius 3 is 2.54 bits per heavy atom. The van der Waals surface area contributed by atoms with Crippen LogP contribution in [0.5, 0.6) is 0 Å². The van der Waals surface area contributed by atoms with E-state index in [0.29, 0.717) is 5.92 Å². The molecule has 0 radical (unpaired) electrons. The minimum Gasteiger partial charge on any atom is -0.463 e. The van der Waals surface area contributed by atoms with Crippen LogP contribution in [-0.2, 0) is 23.8 Å². The first-order valence-corrected chi connectivity index (χ1v) is 8.67.